The van der Waals surface area contributed by atoms with Crippen LogP contribution in [-0.4, -0.2) is 112 Å². The summed E-state index contributed by atoms with van der Waals surface area (Å²) in [7, 11) is -1.98. The van der Waals surface area contributed by atoms with Crippen LogP contribution in [0, 0.1) is 13.8 Å². The number of thiazole rings is 1. The molecule has 6 N–H and O–H groups in total. The Bertz CT molecular complexity index is 2790. The standard InChI is InChI=1S/C52H68ClN9O7S3/c1-31(2)72(67,68)45-16-12-11-15-41(45)59-48-40(53)28-55-51(61-48)60-42-25-32(3)38(26-44(42)69-9)21-23-54-22-13-10-14-24-71-52(7,8)47(58-35(6)63)50(66)62-29-39(64)27-43(62)49(65)57-33(4)36-17-19-37(20-18-36)46-34(5)56-30-70-46/h11-12,15-20,25-26,28,30-31,33,39,43,47,54,64H,10,13-14,21-24,27,29H2,1-9H3,(H,57,65)(H,58,63)(H2,55,59,60,61)/t33-,39+,43-,47+/m0/s1. The Morgan fingerprint density at radius 3 is 2.39 bits per heavy atom. The average molecular weight is 1060 g/mol. The molecule has 1 fully saturated rings. The van der Waals surface area contributed by atoms with E-state index in [-0.39, 0.29) is 52.5 Å². The predicted octanol–water partition coefficient (Wildman–Crippen LogP) is 8.71. The Morgan fingerprint density at radius 1 is 0.972 bits per heavy atom. The number of aryl methyl sites for hydroxylation is 2. The lowest BCUT2D eigenvalue weighted by Crippen LogP contribution is -2.59. The largest absolute Gasteiger partial charge is 0.495 e. The van der Waals surface area contributed by atoms with Crippen molar-refractivity contribution in [1.82, 2.24) is 35.8 Å². The van der Waals surface area contributed by atoms with Crippen LogP contribution in [-0.2, 0) is 30.6 Å². The number of aliphatic hydroxyl groups excluding tert-OH is 1. The van der Waals surface area contributed by atoms with Crippen molar-refractivity contribution in [2.75, 3.05) is 43.1 Å². The van der Waals surface area contributed by atoms with E-state index in [1.807, 2.05) is 76.5 Å². The number of ether oxygens (including phenoxy) is 1. The number of halogens is 1. The summed E-state index contributed by atoms with van der Waals surface area (Å²) in [6, 6.07) is 16.4. The molecule has 1 saturated heterocycles. The first-order valence-corrected chi connectivity index (χ1v) is 28.0. The number of likely N-dealkylation sites (tertiary alicyclic amines) is 1. The zero-order chi connectivity index (χ0) is 52.3. The normalized spacial score (nSPS) is 15.8. The van der Waals surface area contributed by atoms with Crippen LogP contribution in [0.4, 0.5) is 23.1 Å². The van der Waals surface area contributed by atoms with Gasteiger partial charge in [-0.05, 0) is 133 Å². The van der Waals surface area contributed by atoms with E-state index in [4.69, 9.17) is 16.3 Å². The second-order valence-electron chi connectivity index (χ2n) is 18.9. The van der Waals surface area contributed by atoms with Gasteiger partial charge in [0, 0.05) is 24.6 Å². The third-order valence-corrected chi connectivity index (χ3v) is 17.6. The highest BCUT2D eigenvalue weighted by Crippen LogP contribution is 2.35. The van der Waals surface area contributed by atoms with E-state index in [0.29, 0.717) is 17.1 Å². The van der Waals surface area contributed by atoms with Crippen LogP contribution >= 0.6 is 34.7 Å². The molecule has 5 aromatic rings. The number of nitrogens with one attached hydrogen (secondary N) is 5. The maximum absolute atomic E-state index is 14.3. The zero-order valence-corrected chi connectivity index (χ0v) is 45.7. The Balaban J connectivity index is 0.954. The number of para-hydroxylation sites is 1. The first kappa shape index (κ1) is 56.0. The molecule has 3 aromatic carbocycles. The SMILES string of the molecule is COc1cc(CCNCCCCCSC(C)(C)[C@H](NC(C)=O)C(=O)N2C[C@H](O)C[C@H]2C(=O)N[C@@H](C)c2ccc(-c3scnc3C)cc2)c(C)cc1Nc1ncc(Cl)c(Nc2ccccc2S(=O)(=O)C(C)C)n1. The number of thioether (sulfide) groups is 1. The second-order valence-corrected chi connectivity index (χ2v) is 24.4. The summed E-state index contributed by atoms with van der Waals surface area (Å²) in [5, 5.41) is 26.1. The number of carbonyl (C=O) groups is 3. The Labute approximate surface area is 437 Å². The van der Waals surface area contributed by atoms with E-state index in [1.165, 1.54) is 18.0 Å². The molecule has 0 bridgehead atoms. The third kappa shape index (κ3) is 14.3. The molecule has 3 amide bonds. The van der Waals surface area contributed by atoms with Crippen molar-refractivity contribution >= 4 is 85.4 Å². The summed E-state index contributed by atoms with van der Waals surface area (Å²) in [5.74, 6) is 0.761. The number of nitrogens with zero attached hydrogens (tertiary/aromatic N) is 4. The van der Waals surface area contributed by atoms with Crippen molar-refractivity contribution in [3.63, 3.8) is 0 Å². The quantitative estimate of drug-likeness (QED) is 0.0319. The van der Waals surface area contributed by atoms with Gasteiger partial charge in [0.1, 0.15) is 22.9 Å². The highest BCUT2D eigenvalue weighted by molar-refractivity contribution is 8.00. The van der Waals surface area contributed by atoms with Crippen LogP contribution in [0.5, 0.6) is 5.75 Å². The maximum atomic E-state index is 14.3. The van der Waals surface area contributed by atoms with Crippen LogP contribution < -0.4 is 31.3 Å². The summed E-state index contributed by atoms with van der Waals surface area (Å²) >= 11 is 9.65. The monoisotopic (exact) mass is 1060 g/mol. The molecule has 3 heterocycles. The van der Waals surface area contributed by atoms with Crippen molar-refractivity contribution in [1.29, 1.82) is 0 Å². The minimum Gasteiger partial charge on any atom is -0.495 e. The summed E-state index contributed by atoms with van der Waals surface area (Å²) in [5.41, 5.74) is 7.92. The number of aliphatic hydroxyl groups is 1. The van der Waals surface area contributed by atoms with Crippen LogP contribution in [0.15, 0.2) is 77.3 Å². The van der Waals surface area contributed by atoms with E-state index < -0.39 is 43.9 Å². The molecule has 1 aliphatic heterocycles. The van der Waals surface area contributed by atoms with Crippen molar-refractivity contribution in [2.45, 2.75) is 127 Å². The molecule has 0 saturated carbocycles. The molecule has 0 spiro atoms. The first-order chi connectivity index (χ1) is 34.2. The number of carbonyl (C=O) groups excluding carboxylic acids is 3. The van der Waals surface area contributed by atoms with Gasteiger partial charge in [-0.3, -0.25) is 14.4 Å². The topological polar surface area (TPSA) is 217 Å². The smallest absolute Gasteiger partial charge is 0.247 e. The molecule has 1 aliphatic rings. The lowest BCUT2D eigenvalue weighted by atomic mass is 10.0. The molecule has 0 aliphatic carbocycles. The first-order valence-electron chi connectivity index (χ1n) is 24.2. The number of β-amino-alcohol motifs (C(OH)–C–C–N with tert-alkyl or cyclic N) is 1. The van der Waals surface area contributed by atoms with E-state index in [2.05, 4.69) is 41.5 Å². The molecule has 4 atom stereocenters. The highest BCUT2D eigenvalue weighted by Gasteiger charge is 2.46. The van der Waals surface area contributed by atoms with E-state index in [9.17, 15) is 27.9 Å². The summed E-state index contributed by atoms with van der Waals surface area (Å²) < 4.78 is 31.1. The van der Waals surface area contributed by atoms with E-state index in [0.717, 1.165) is 77.4 Å². The fourth-order valence-electron chi connectivity index (χ4n) is 8.50. The minimum absolute atomic E-state index is 0.00125. The summed E-state index contributed by atoms with van der Waals surface area (Å²) in [4.78, 5) is 56.5. The maximum Gasteiger partial charge on any atom is 0.247 e. The Hall–Kier alpha value is -5.31. The number of hydrogen-bond acceptors (Lipinski definition) is 15. The molecular weight excluding hydrogens is 994 g/mol. The van der Waals surface area contributed by atoms with Crippen molar-refractivity contribution in [3.05, 3.63) is 99.8 Å². The number of anilines is 4. The molecule has 72 heavy (non-hydrogen) atoms. The van der Waals surface area contributed by atoms with Crippen molar-refractivity contribution in [3.8, 4) is 16.2 Å². The fourth-order valence-corrected chi connectivity index (χ4v) is 11.9. The number of sulfone groups is 1. The van der Waals surface area contributed by atoms with Gasteiger partial charge in [-0.1, -0.05) is 54.4 Å². The van der Waals surface area contributed by atoms with Crippen LogP contribution in [0.2, 0.25) is 5.02 Å². The number of amides is 3. The predicted molar refractivity (Wildman–Crippen MR) is 290 cm³/mol. The average Bonchev–Trinajstić information content (AvgIpc) is 3.96. The van der Waals surface area contributed by atoms with Gasteiger partial charge in [-0.2, -0.15) is 16.7 Å². The van der Waals surface area contributed by atoms with Gasteiger partial charge < -0.3 is 41.3 Å². The zero-order valence-electron chi connectivity index (χ0n) is 42.5. The van der Waals surface area contributed by atoms with Crippen LogP contribution in [0.3, 0.4) is 0 Å². The van der Waals surface area contributed by atoms with Gasteiger partial charge in [0.15, 0.2) is 15.7 Å². The number of hydrogen-bond donors (Lipinski definition) is 6. The number of benzene rings is 3. The molecule has 388 valence electrons. The van der Waals surface area contributed by atoms with Crippen LogP contribution in [0.25, 0.3) is 10.4 Å². The fraction of sp³-hybridized carbons (Fsp3) is 0.462. The van der Waals surface area contributed by atoms with Gasteiger partial charge in [0.2, 0.25) is 23.7 Å². The van der Waals surface area contributed by atoms with Gasteiger partial charge in [0.25, 0.3) is 0 Å². The minimum atomic E-state index is -3.58. The molecule has 0 unspecified atom stereocenters. The molecule has 2 aromatic heterocycles. The van der Waals surface area contributed by atoms with Gasteiger partial charge in [-0.15, -0.1) is 11.3 Å². The third-order valence-electron chi connectivity index (χ3n) is 12.7. The number of unbranched alkanes of at least 4 members (excludes halogenated alkanes) is 2. The van der Waals surface area contributed by atoms with E-state index >= 15 is 0 Å². The summed E-state index contributed by atoms with van der Waals surface area (Å²) in [6.45, 7) is 16.0. The van der Waals surface area contributed by atoms with Gasteiger partial charge in [0.05, 0.1) is 63.1 Å². The van der Waals surface area contributed by atoms with Gasteiger partial charge >= 0.3 is 0 Å². The van der Waals surface area contributed by atoms with Gasteiger partial charge in [-0.25, -0.2) is 18.4 Å². The molecule has 16 nitrogen and oxygen atoms in total. The lowest BCUT2D eigenvalue weighted by Gasteiger charge is -2.37. The Kier molecular flexibility index (Phi) is 19.5. The number of methoxy groups -OCH3 is 1. The Morgan fingerprint density at radius 2 is 1.71 bits per heavy atom. The molecule has 6 rings (SSSR count). The molecule has 0 radical (unpaired) electrons. The van der Waals surface area contributed by atoms with Crippen molar-refractivity contribution < 1.29 is 32.6 Å². The second kappa shape index (κ2) is 25.1. The lowest BCUT2D eigenvalue weighted by molar-refractivity contribution is -0.142. The number of rotatable bonds is 24. The summed E-state index contributed by atoms with van der Waals surface area (Å²) in [6.07, 6.45) is 4.27. The highest BCUT2D eigenvalue weighted by atomic mass is 35.5. The molecular formula is C52H68ClN9O7S3. The molecule has 20 heteroatoms. The van der Waals surface area contributed by atoms with Crippen LogP contribution in [0.1, 0.15) is 95.7 Å². The van der Waals surface area contributed by atoms with E-state index in [1.54, 1.807) is 68.3 Å². The van der Waals surface area contributed by atoms with Crippen molar-refractivity contribution in [2.24, 2.45) is 0 Å². The number of aromatic nitrogens is 3.